The quantitative estimate of drug-likeness (QED) is 0.532. The van der Waals surface area contributed by atoms with Crippen molar-refractivity contribution >= 4 is 27.5 Å². The van der Waals surface area contributed by atoms with Crippen LogP contribution in [0.25, 0.3) is 21.6 Å². The molecule has 27 heavy (non-hydrogen) atoms. The van der Waals surface area contributed by atoms with E-state index < -0.39 is 0 Å². The molecule has 0 spiro atoms. The molecule has 0 radical (unpaired) electrons. The average Bonchev–Trinajstić information content (AvgIpc) is 3.47. The van der Waals surface area contributed by atoms with Gasteiger partial charge in [-0.25, -0.2) is 4.98 Å². The molecule has 1 atom stereocenters. The molecule has 0 aliphatic carbocycles. The fourth-order valence-corrected chi connectivity index (χ4v) is 4.16. The minimum Gasteiger partial charge on any atom is -0.337 e. The summed E-state index contributed by atoms with van der Waals surface area (Å²) in [4.78, 5) is 23.8. The highest BCUT2D eigenvalue weighted by atomic mass is 32.1. The van der Waals surface area contributed by atoms with Gasteiger partial charge in [-0.2, -0.15) is 4.98 Å². The maximum Gasteiger partial charge on any atom is 0.254 e. The van der Waals surface area contributed by atoms with Crippen LogP contribution in [0.15, 0.2) is 58.6 Å². The van der Waals surface area contributed by atoms with Crippen LogP contribution >= 0.6 is 11.3 Å². The molecular formula is C20H16N4O2S. The van der Waals surface area contributed by atoms with Gasteiger partial charge in [0, 0.05) is 17.7 Å². The molecule has 134 valence electrons. The smallest absolute Gasteiger partial charge is 0.254 e. The van der Waals surface area contributed by atoms with E-state index >= 15 is 0 Å². The highest BCUT2D eigenvalue weighted by molar-refractivity contribution is 7.16. The zero-order chi connectivity index (χ0) is 18.2. The number of amides is 1. The number of thiazole rings is 1. The summed E-state index contributed by atoms with van der Waals surface area (Å²) in [5, 5.41) is 4.10. The predicted molar refractivity (Wildman–Crippen MR) is 102 cm³/mol. The van der Waals surface area contributed by atoms with Crippen molar-refractivity contribution in [3.05, 3.63) is 65.5 Å². The number of benzene rings is 2. The molecule has 0 N–H and O–H groups in total. The summed E-state index contributed by atoms with van der Waals surface area (Å²) in [5.41, 5.74) is 4.19. The van der Waals surface area contributed by atoms with Crippen molar-refractivity contribution in [3.8, 4) is 11.4 Å². The summed E-state index contributed by atoms with van der Waals surface area (Å²) >= 11 is 1.57. The van der Waals surface area contributed by atoms with Crippen molar-refractivity contribution in [3.63, 3.8) is 0 Å². The Kier molecular flexibility index (Phi) is 3.94. The van der Waals surface area contributed by atoms with Gasteiger partial charge in [-0.3, -0.25) is 4.79 Å². The van der Waals surface area contributed by atoms with Crippen molar-refractivity contribution in [1.82, 2.24) is 20.0 Å². The van der Waals surface area contributed by atoms with Crippen LogP contribution in [0.1, 0.15) is 35.1 Å². The predicted octanol–water partition coefficient (Wildman–Crippen LogP) is 4.32. The summed E-state index contributed by atoms with van der Waals surface area (Å²) < 4.78 is 6.59. The number of likely N-dealkylation sites (tertiary alicyclic amines) is 1. The summed E-state index contributed by atoms with van der Waals surface area (Å²) in [6, 6.07) is 15.2. The molecule has 2 aromatic carbocycles. The Labute approximate surface area is 159 Å². The van der Waals surface area contributed by atoms with Gasteiger partial charge in [0.2, 0.25) is 11.7 Å². The van der Waals surface area contributed by atoms with E-state index in [1.54, 1.807) is 16.8 Å². The number of hydrogen-bond donors (Lipinski definition) is 0. The van der Waals surface area contributed by atoms with Crippen LogP contribution in [0, 0.1) is 0 Å². The second-order valence-electron chi connectivity index (χ2n) is 6.51. The Morgan fingerprint density at radius 2 is 2.07 bits per heavy atom. The summed E-state index contributed by atoms with van der Waals surface area (Å²) in [6.45, 7) is 0.682. The van der Waals surface area contributed by atoms with E-state index in [-0.39, 0.29) is 11.9 Å². The molecule has 1 aliphatic heterocycles. The molecule has 0 saturated carbocycles. The molecular weight excluding hydrogens is 360 g/mol. The van der Waals surface area contributed by atoms with Gasteiger partial charge >= 0.3 is 0 Å². The van der Waals surface area contributed by atoms with Gasteiger partial charge in [-0.15, -0.1) is 11.3 Å². The number of hydrogen-bond acceptors (Lipinski definition) is 6. The van der Waals surface area contributed by atoms with Gasteiger partial charge in [0.15, 0.2) is 0 Å². The third kappa shape index (κ3) is 2.90. The lowest BCUT2D eigenvalue weighted by Gasteiger charge is -2.21. The van der Waals surface area contributed by atoms with Crippen molar-refractivity contribution in [1.29, 1.82) is 0 Å². The Bertz CT molecular complexity index is 1110. The minimum atomic E-state index is -0.186. The Hall–Kier alpha value is -3.06. The SMILES string of the molecule is O=C(c1ccc2scnc2c1)N1CCCC1c1nc(-c2ccccc2)no1. The van der Waals surface area contributed by atoms with E-state index in [9.17, 15) is 4.79 Å². The van der Waals surface area contributed by atoms with E-state index in [4.69, 9.17) is 4.52 Å². The van der Waals surface area contributed by atoms with Gasteiger partial charge in [0.05, 0.1) is 15.7 Å². The van der Waals surface area contributed by atoms with E-state index in [1.807, 2.05) is 53.4 Å². The Morgan fingerprint density at radius 3 is 2.96 bits per heavy atom. The van der Waals surface area contributed by atoms with Gasteiger partial charge in [0.1, 0.15) is 6.04 Å². The normalized spacial score (nSPS) is 16.9. The maximum absolute atomic E-state index is 13.1. The first kappa shape index (κ1) is 16.1. The molecule has 1 aliphatic rings. The summed E-state index contributed by atoms with van der Waals surface area (Å²) in [5.74, 6) is 1.02. The standard InChI is InChI=1S/C20H16N4O2S/c25-20(14-8-9-17-15(11-14)21-12-27-17)24-10-4-7-16(24)19-22-18(23-26-19)13-5-2-1-3-6-13/h1-3,5-6,8-9,11-12,16H,4,7,10H2. The number of carbonyl (C=O) groups excluding carboxylic acids is 1. The lowest BCUT2D eigenvalue weighted by atomic mass is 10.1. The second-order valence-corrected chi connectivity index (χ2v) is 7.40. The lowest BCUT2D eigenvalue weighted by molar-refractivity contribution is 0.0710. The monoisotopic (exact) mass is 376 g/mol. The number of rotatable bonds is 3. The van der Waals surface area contributed by atoms with Crippen molar-refractivity contribution in [2.24, 2.45) is 0 Å². The number of carbonyl (C=O) groups is 1. The van der Waals surface area contributed by atoms with Crippen molar-refractivity contribution < 1.29 is 9.32 Å². The van der Waals surface area contributed by atoms with E-state index in [0.29, 0.717) is 23.8 Å². The van der Waals surface area contributed by atoms with Gasteiger partial charge < -0.3 is 9.42 Å². The van der Waals surface area contributed by atoms with E-state index in [0.717, 1.165) is 28.6 Å². The molecule has 2 aromatic heterocycles. The fraction of sp³-hybridized carbons (Fsp3) is 0.200. The van der Waals surface area contributed by atoms with E-state index in [2.05, 4.69) is 15.1 Å². The van der Waals surface area contributed by atoms with Gasteiger partial charge in [0.25, 0.3) is 5.91 Å². The molecule has 7 heteroatoms. The van der Waals surface area contributed by atoms with Crippen LogP contribution in [0.3, 0.4) is 0 Å². The highest BCUT2D eigenvalue weighted by Crippen LogP contribution is 2.33. The molecule has 4 aromatic rings. The first-order valence-electron chi connectivity index (χ1n) is 8.83. The molecule has 1 unspecified atom stereocenters. The van der Waals surface area contributed by atoms with Gasteiger partial charge in [-0.05, 0) is 31.0 Å². The van der Waals surface area contributed by atoms with Crippen LogP contribution in [0.5, 0.6) is 0 Å². The van der Waals surface area contributed by atoms with E-state index in [1.165, 1.54) is 0 Å². The largest absolute Gasteiger partial charge is 0.337 e. The summed E-state index contributed by atoms with van der Waals surface area (Å²) in [6.07, 6.45) is 1.74. The van der Waals surface area contributed by atoms with Crippen LogP contribution < -0.4 is 0 Å². The summed E-state index contributed by atoms with van der Waals surface area (Å²) in [7, 11) is 0. The molecule has 6 nitrogen and oxygen atoms in total. The van der Waals surface area contributed by atoms with Gasteiger partial charge in [-0.1, -0.05) is 35.5 Å². The van der Waals surface area contributed by atoms with Crippen LogP contribution in [-0.4, -0.2) is 32.5 Å². The highest BCUT2D eigenvalue weighted by Gasteiger charge is 2.34. The second kappa shape index (κ2) is 6.59. The molecule has 1 amide bonds. The maximum atomic E-state index is 13.1. The first-order chi connectivity index (χ1) is 13.3. The molecule has 0 bridgehead atoms. The first-order valence-corrected chi connectivity index (χ1v) is 9.71. The molecule has 1 saturated heterocycles. The zero-order valence-corrected chi connectivity index (χ0v) is 15.2. The molecule has 1 fully saturated rings. The molecule has 3 heterocycles. The van der Waals surface area contributed by atoms with Crippen molar-refractivity contribution in [2.45, 2.75) is 18.9 Å². The Balaban J connectivity index is 1.43. The third-order valence-corrected chi connectivity index (χ3v) is 5.66. The minimum absolute atomic E-state index is 0.0214. The third-order valence-electron chi connectivity index (χ3n) is 4.85. The fourth-order valence-electron chi connectivity index (χ4n) is 3.50. The Morgan fingerprint density at radius 1 is 1.19 bits per heavy atom. The van der Waals surface area contributed by atoms with Crippen LogP contribution in [-0.2, 0) is 0 Å². The zero-order valence-electron chi connectivity index (χ0n) is 14.4. The van der Waals surface area contributed by atoms with Crippen LogP contribution in [0.2, 0.25) is 0 Å². The number of aromatic nitrogens is 3. The average molecular weight is 376 g/mol. The van der Waals surface area contributed by atoms with Crippen LogP contribution in [0.4, 0.5) is 0 Å². The molecule has 5 rings (SSSR count). The van der Waals surface area contributed by atoms with Crippen molar-refractivity contribution in [2.75, 3.05) is 6.54 Å². The number of fused-ring (bicyclic) bond motifs is 1. The number of nitrogens with zero attached hydrogens (tertiary/aromatic N) is 4. The topological polar surface area (TPSA) is 72.1 Å². The lowest BCUT2D eigenvalue weighted by Crippen LogP contribution is -2.30.